The van der Waals surface area contributed by atoms with Crippen molar-refractivity contribution in [1.82, 2.24) is 0 Å². The number of Topliss-reactive ketones (excluding diaryl/α,β-unsaturated/α-hetero) is 2. The molecule has 2 aromatic rings. The maximum atomic E-state index is 13.6. The zero-order valence-electron chi connectivity index (χ0n) is 16.9. The number of aliphatic hydroxyl groups excluding tert-OH is 1. The van der Waals surface area contributed by atoms with Crippen LogP contribution in [-0.4, -0.2) is 53.9 Å². The summed E-state index contributed by atoms with van der Waals surface area (Å²) in [5.41, 5.74) is -0.260. The highest BCUT2D eigenvalue weighted by atomic mass is 32.3. The molecule has 0 radical (unpaired) electrons. The summed E-state index contributed by atoms with van der Waals surface area (Å²) in [6, 6.07) is 5.16. The summed E-state index contributed by atoms with van der Waals surface area (Å²) in [5, 5.41) is 21.1. The monoisotopic (exact) mass is 462 g/mol. The number of hydrogen-bond donors (Lipinski definition) is 3. The van der Waals surface area contributed by atoms with Crippen LogP contribution in [0.5, 0.6) is 11.5 Å². The van der Waals surface area contributed by atoms with Crippen molar-refractivity contribution >= 4 is 32.7 Å². The number of hydrogen-bond acceptors (Lipinski definition) is 9. The van der Waals surface area contributed by atoms with Crippen molar-refractivity contribution in [1.29, 1.82) is 0 Å². The summed E-state index contributed by atoms with van der Waals surface area (Å²) in [4.78, 5) is 26.2. The van der Waals surface area contributed by atoms with Gasteiger partial charge in [-0.15, -0.1) is 0 Å². The van der Waals surface area contributed by atoms with Gasteiger partial charge in [0.2, 0.25) is 5.78 Å². The number of carbonyl (C=O) groups is 2. The van der Waals surface area contributed by atoms with Crippen LogP contribution in [0.3, 0.4) is 0 Å². The maximum absolute atomic E-state index is 13.6. The van der Waals surface area contributed by atoms with Gasteiger partial charge in [-0.05, 0) is 36.2 Å². The van der Waals surface area contributed by atoms with Crippen molar-refractivity contribution in [2.75, 3.05) is 7.11 Å². The van der Waals surface area contributed by atoms with Gasteiger partial charge in [-0.1, -0.05) is 6.92 Å². The van der Waals surface area contributed by atoms with Crippen molar-refractivity contribution in [2.45, 2.75) is 37.3 Å². The first-order valence-corrected chi connectivity index (χ1v) is 11.0. The first kappa shape index (κ1) is 21.0. The van der Waals surface area contributed by atoms with Gasteiger partial charge in [0.25, 0.3) is 5.79 Å². The SMILES string of the molecule is CO[C@]12OC(O)C3=C1[C@@](C)(CCC3=O)c1cc3c(OS(=O)(=O)O)ccc(O)c3cc1C2=O. The second-order valence-corrected chi connectivity index (χ2v) is 9.22. The average molecular weight is 462 g/mol. The zero-order valence-corrected chi connectivity index (χ0v) is 17.7. The Labute approximate surface area is 182 Å². The van der Waals surface area contributed by atoms with Crippen LogP contribution in [0.4, 0.5) is 0 Å². The van der Waals surface area contributed by atoms with E-state index in [1.807, 2.05) is 0 Å². The molecule has 3 N–H and O–H groups in total. The number of ketones is 2. The van der Waals surface area contributed by atoms with E-state index >= 15 is 0 Å². The quantitative estimate of drug-likeness (QED) is 0.572. The molecule has 0 saturated carbocycles. The Morgan fingerprint density at radius 2 is 1.91 bits per heavy atom. The van der Waals surface area contributed by atoms with Gasteiger partial charge in [0.05, 0.1) is 5.57 Å². The molecular formula is C21H18O10S. The number of ether oxygens (including phenoxy) is 2. The average Bonchev–Trinajstić information content (AvgIpc) is 3.05. The summed E-state index contributed by atoms with van der Waals surface area (Å²) < 4.78 is 47.5. The Bertz CT molecular complexity index is 1370. The first-order chi connectivity index (χ1) is 14.9. The Balaban J connectivity index is 1.89. The van der Waals surface area contributed by atoms with Crippen molar-refractivity contribution in [2.24, 2.45) is 0 Å². The van der Waals surface area contributed by atoms with E-state index in [-0.39, 0.29) is 57.6 Å². The fourth-order valence-corrected chi connectivity index (χ4v) is 5.55. The molecule has 11 heteroatoms. The van der Waals surface area contributed by atoms with E-state index in [1.54, 1.807) is 6.92 Å². The number of rotatable bonds is 3. The molecular weight excluding hydrogens is 444 g/mol. The Morgan fingerprint density at radius 1 is 1.19 bits per heavy atom. The summed E-state index contributed by atoms with van der Waals surface area (Å²) in [7, 11) is -3.63. The third kappa shape index (κ3) is 2.57. The smallest absolute Gasteiger partial charge is 0.446 e. The van der Waals surface area contributed by atoms with E-state index in [2.05, 4.69) is 4.18 Å². The van der Waals surface area contributed by atoms with Crippen LogP contribution in [0.1, 0.15) is 35.7 Å². The fraction of sp³-hybridized carbons (Fsp3) is 0.333. The highest BCUT2D eigenvalue weighted by Crippen LogP contribution is 2.58. The van der Waals surface area contributed by atoms with Crippen LogP contribution in [0, 0.1) is 0 Å². The van der Waals surface area contributed by atoms with E-state index in [0.29, 0.717) is 5.56 Å². The fourth-order valence-electron chi connectivity index (χ4n) is 5.17. The minimum absolute atomic E-state index is 0.0231. The molecule has 1 heterocycles. The lowest BCUT2D eigenvalue weighted by Gasteiger charge is -2.46. The van der Waals surface area contributed by atoms with E-state index < -0.39 is 33.7 Å². The Morgan fingerprint density at radius 3 is 2.56 bits per heavy atom. The molecule has 5 rings (SSSR count). The summed E-state index contributed by atoms with van der Waals surface area (Å²) in [6.07, 6.45) is -1.29. The Kier molecular flexibility index (Phi) is 4.18. The van der Waals surface area contributed by atoms with Crippen LogP contribution < -0.4 is 4.18 Å². The second kappa shape index (κ2) is 6.36. The van der Waals surface area contributed by atoms with Gasteiger partial charge in [-0.25, -0.2) is 0 Å². The van der Waals surface area contributed by atoms with Crippen molar-refractivity contribution in [3.63, 3.8) is 0 Å². The van der Waals surface area contributed by atoms with Crippen LogP contribution in [0.25, 0.3) is 10.8 Å². The molecule has 1 aliphatic heterocycles. The summed E-state index contributed by atoms with van der Waals surface area (Å²) in [5.74, 6) is -3.55. The number of aliphatic hydroxyl groups is 1. The number of phenolic OH excluding ortho intramolecular Hbond substituents is 1. The van der Waals surface area contributed by atoms with Gasteiger partial charge < -0.3 is 23.9 Å². The van der Waals surface area contributed by atoms with Gasteiger partial charge in [0.15, 0.2) is 17.8 Å². The molecule has 0 amide bonds. The van der Waals surface area contributed by atoms with Gasteiger partial charge in [-0.3, -0.25) is 14.1 Å². The lowest BCUT2D eigenvalue weighted by molar-refractivity contribution is -0.215. The minimum Gasteiger partial charge on any atom is -0.507 e. The normalized spacial score (nSPS) is 29.3. The lowest BCUT2D eigenvalue weighted by atomic mass is 9.59. The van der Waals surface area contributed by atoms with E-state index in [4.69, 9.17) is 14.0 Å². The predicted octanol–water partition coefficient (Wildman–Crippen LogP) is 1.53. The number of carbonyl (C=O) groups excluding carboxylic acids is 2. The minimum atomic E-state index is -4.86. The molecule has 10 nitrogen and oxygen atoms in total. The topological polar surface area (TPSA) is 157 Å². The largest absolute Gasteiger partial charge is 0.507 e. The number of fused-ring (bicyclic) bond motifs is 3. The molecule has 2 aliphatic carbocycles. The van der Waals surface area contributed by atoms with Crippen LogP contribution in [-0.2, 0) is 30.1 Å². The van der Waals surface area contributed by atoms with E-state index in [9.17, 15) is 28.2 Å². The molecule has 1 unspecified atom stereocenters. The highest BCUT2D eigenvalue weighted by Gasteiger charge is 2.65. The van der Waals surface area contributed by atoms with Crippen molar-refractivity contribution in [3.05, 3.63) is 46.5 Å². The number of phenols is 1. The van der Waals surface area contributed by atoms with Gasteiger partial charge in [0, 0.05) is 40.9 Å². The molecule has 0 bridgehead atoms. The van der Waals surface area contributed by atoms with Gasteiger partial charge in [-0.2, -0.15) is 8.42 Å². The van der Waals surface area contributed by atoms with E-state index in [1.165, 1.54) is 25.3 Å². The molecule has 168 valence electrons. The van der Waals surface area contributed by atoms with Crippen LogP contribution in [0.15, 0.2) is 35.4 Å². The van der Waals surface area contributed by atoms with Crippen LogP contribution in [0.2, 0.25) is 0 Å². The maximum Gasteiger partial charge on any atom is 0.446 e. The summed E-state index contributed by atoms with van der Waals surface area (Å²) in [6.45, 7) is 1.77. The highest BCUT2D eigenvalue weighted by molar-refractivity contribution is 7.81. The first-order valence-electron chi connectivity index (χ1n) is 9.64. The Hall–Kier alpha value is -2.83. The molecule has 3 aliphatic rings. The molecule has 32 heavy (non-hydrogen) atoms. The molecule has 2 aromatic carbocycles. The second-order valence-electron chi connectivity index (χ2n) is 8.20. The lowest BCUT2D eigenvalue weighted by Crippen LogP contribution is -2.54. The standard InChI is InChI=1S/C21H18O10S/c1-20-6-5-14(23)16-17(20)21(29-2,30-19(16)25)18(24)11-7-9-10(8-12(11)20)15(4-3-13(9)22)31-32(26,27)28/h3-4,7-8,19,22,25H,5-6H2,1-2H3,(H,26,27,28)/t19?,20-,21-/m0/s1. The number of aromatic hydroxyl groups is 1. The summed E-state index contributed by atoms with van der Waals surface area (Å²) >= 11 is 0. The predicted molar refractivity (Wildman–Crippen MR) is 108 cm³/mol. The van der Waals surface area contributed by atoms with Crippen molar-refractivity contribution < 1.29 is 46.4 Å². The van der Waals surface area contributed by atoms with E-state index in [0.717, 1.165) is 6.07 Å². The van der Waals surface area contributed by atoms with Gasteiger partial charge >= 0.3 is 10.4 Å². The van der Waals surface area contributed by atoms with Crippen LogP contribution >= 0.6 is 0 Å². The molecule has 0 aromatic heterocycles. The third-order valence-electron chi connectivity index (χ3n) is 6.54. The molecule has 3 atom stereocenters. The van der Waals surface area contributed by atoms with Gasteiger partial charge in [0.1, 0.15) is 5.75 Å². The molecule has 0 spiro atoms. The zero-order chi connectivity index (χ0) is 23.2. The number of methoxy groups -OCH3 is 1. The third-order valence-corrected chi connectivity index (χ3v) is 6.93. The number of benzene rings is 2. The molecule has 0 saturated heterocycles. The van der Waals surface area contributed by atoms with Crippen molar-refractivity contribution in [3.8, 4) is 11.5 Å². The molecule has 0 fully saturated rings.